The molecule has 0 spiro atoms. The van der Waals surface area contributed by atoms with Crippen molar-refractivity contribution < 1.29 is 33.3 Å². The molecule has 0 aliphatic carbocycles. The molecule has 0 saturated carbocycles. The van der Waals surface area contributed by atoms with Gasteiger partial charge in [0.25, 0.3) is 0 Å². The number of fused-ring (bicyclic) bond motifs is 3. The van der Waals surface area contributed by atoms with Gasteiger partial charge < -0.3 is 23.7 Å². The highest BCUT2D eigenvalue weighted by Crippen LogP contribution is 2.49. The SMILES string of the molecule is COc1cc(/C=C2\Oc3c(ccc4c3[C@H](CC(C)C)CC(=O)O4)C2=O)cc(OC)c1OC. The summed E-state index contributed by atoms with van der Waals surface area (Å²) in [7, 11) is 4.59. The molecule has 1 atom stereocenters. The number of carbonyl (C=O) groups excluding carboxylic acids is 2. The summed E-state index contributed by atoms with van der Waals surface area (Å²) in [5.74, 6) is 2.37. The summed E-state index contributed by atoms with van der Waals surface area (Å²) in [6.45, 7) is 4.20. The van der Waals surface area contributed by atoms with Gasteiger partial charge in [0.1, 0.15) is 11.5 Å². The zero-order valence-electron chi connectivity index (χ0n) is 18.8. The number of methoxy groups -OCH3 is 3. The van der Waals surface area contributed by atoms with Crippen molar-refractivity contribution in [3.63, 3.8) is 0 Å². The zero-order valence-corrected chi connectivity index (χ0v) is 18.8. The van der Waals surface area contributed by atoms with Gasteiger partial charge in [-0.3, -0.25) is 9.59 Å². The lowest BCUT2D eigenvalue weighted by Crippen LogP contribution is -2.21. The third kappa shape index (κ3) is 3.79. The summed E-state index contributed by atoms with van der Waals surface area (Å²) in [6, 6.07) is 6.82. The van der Waals surface area contributed by atoms with E-state index in [0.717, 1.165) is 12.0 Å². The van der Waals surface area contributed by atoms with Gasteiger partial charge in [-0.15, -0.1) is 0 Å². The van der Waals surface area contributed by atoms with Crippen LogP contribution in [0, 0.1) is 5.92 Å². The number of ketones is 1. The number of hydrogen-bond donors (Lipinski definition) is 0. The van der Waals surface area contributed by atoms with Crippen LogP contribution in [0.1, 0.15) is 54.1 Å². The first kappa shape index (κ1) is 21.7. The normalized spacial score (nSPS) is 18.2. The molecule has 7 nitrogen and oxygen atoms in total. The van der Waals surface area contributed by atoms with Crippen LogP contribution in [0.2, 0.25) is 0 Å². The van der Waals surface area contributed by atoms with E-state index in [1.165, 1.54) is 21.3 Å². The van der Waals surface area contributed by atoms with E-state index in [1.807, 2.05) is 0 Å². The molecule has 0 N–H and O–H groups in total. The first-order valence-corrected chi connectivity index (χ1v) is 10.5. The maximum absolute atomic E-state index is 13.1. The van der Waals surface area contributed by atoms with Gasteiger partial charge in [0.05, 0.1) is 33.3 Å². The summed E-state index contributed by atoms with van der Waals surface area (Å²) in [6.07, 6.45) is 2.71. The van der Waals surface area contributed by atoms with Crippen molar-refractivity contribution in [1.82, 2.24) is 0 Å². The second-order valence-corrected chi connectivity index (χ2v) is 8.26. The highest BCUT2D eigenvalue weighted by atomic mass is 16.5. The Kier molecular flexibility index (Phi) is 5.82. The smallest absolute Gasteiger partial charge is 0.311 e. The van der Waals surface area contributed by atoms with Gasteiger partial charge in [0, 0.05) is 11.5 Å². The Morgan fingerprint density at radius 1 is 1.03 bits per heavy atom. The average Bonchev–Trinajstić information content (AvgIpc) is 3.07. The fourth-order valence-electron chi connectivity index (χ4n) is 4.30. The topological polar surface area (TPSA) is 80.3 Å². The molecule has 2 heterocycles. The second-order valence-electron chi connectivity index (χ2n) is 8.26. The van der Waals surface area contributed by atoms with Gasteiger partial charge in [0.15, 0.2) is 17.3 Å². The van der Waals surface area contributed by atoms with Crippen molar-refractivity contribution in [2.45, 2.75) is 32.6 Å². The van der Waals surface area contributed by atoms with Crippen LogP contribution in [0.25, 0.3) is 6.08 Å². The van der Waals surface area contributed by atoms with Crippen molar-refractivity contribution in [2.24, 2.45) is 5.92 Å². The van der Waals surface area contributed by atoms with E-state index in [-0.39, 0.29) is 29.9 Å². The van der Waals surface area contributed by atoms with Crippen molar-refractivity contribution in [3.05, 3.63) is 46.7 Å². The monoisotopic (exact) mass is 438 g/mol. The number of allylic oxidation sites excluding steroid dienone is 1. The van der Waals surface area contributed by atoms with Gasteiger partial charge in [0.2, 0.25) is 11.5 Å². The molecule has 2 aliphatic heterocycles. The number of rotatable bonds is 6. The summed E-state index contributed by atoms with van der Waals surface area (Å²) >= 11 is 0. The maximum atomic E-state index is 13.1. The van der Waals surface area contributed by atoms with E-state index in [0.29, 0.717) is 45.8 Å². The molecule has 7 heteroatoms. The Hall–Kier alpha value is -3.48. The number of benzene rings is 2. The molecule has 0 amide bonds. The lowest BCUT2D eigenvalue weighted by atomic mass is 9.84. The van der Waals surface area contributed by atoms with Gasteiger partial charge in [-0.05, 0) is 48.2 Å². The van der Waals surface area contributed by atoms with E-state index < -0.39 is 0 Å². The van der Waals surface area contributed by atoms with Gasteiger partial charge in [-0.1, -0.05) is 13.8 Å². The molecule has 2 aliphatic rings. The lowest BCUT2D eigenvalue weighted by Gasteiger charge is -2.27. The summed E-state index contributed by atoms with van der Waals surface area (Å²) in [4.78, 5) is 25.2. The Balaban J connectivity index is 1.76. The van der Waals surface area contributed by atoms with Crippen LogP contribution in [0.3, 0.4) is 0 Å². The first-order chi connectivity index (χ1) is 15.4. The predicted octanol–water partition coefficient (Wildman–Crippen LogP) is 4.77. The summed E-state index contributed by atoms with van der Waals surface area (Å²) < 4.78 is 27.7. The number of ether oxygens (including phenoxy) is 5. The minimum absolute atomic E-state index is 0.0606. The zero-order chi connectivity index (χ0) is 23.0. The van der Waals surface area contributed by atoms with Gasteiger partial charge in [-0.25, -0.2) is 0 Å². The Morgan fingerprint density at radius 3 is 2.31 bits per heavy atom. The van der Waals surface area contributed by atoms with Gasteiger partial charge >= 0.3 is 5.97 Å². The van der Waals surface area contributed by atoms with Crippen LogP contribution in [0.5, 0.6) is 28.7 Å². The lowest BCUT2D eigenvalue weighted by molar-refractivity contribution is -0.136. The number of esters is 1. The van der Waals surface area contributed by atoms with Crippen molar-refractivity contribution in [3.8, 4) is 28.7 Å². The highest BCUT2D eigenvalue weighted by molar-refractivity contribution is 6.15. The van der Waals surface area contributed by atoms with Crippen LogP contribution in [0.4, 0.5) is 0 Å². The molecule has 4 rings (SSSR count). The summed E-state index contributed by atoms with van der Waals surface area (Å²) in [5, 5.41) is 0. The first-order valence-electron chi connectivity index (χ1n) is 10.5. The van der Waals surface area contributed by atoms with Crippen LogP contribution >= 0.6 is 0 Å². The minimum Gasteiger partial charge on any atom is -0.493 e. The molecule has 0 aromatic heterocycles. The predicted molar refractivity (Wildman–Crippen MR) is 118 cm³/mol. The van der Waals surface area contributed by atoms with Crippen molar-refractivity contribution in [1.29, 1.82) is 0 Å². The average molecular weight is 438 g/mol. The largest absolute Gasteiger partial charge is 0.493 e. The van der Waals surface area contributed by atoms with E-state index in [1.54, 1.807) is 30.3 Å². The van der Waals surface area contributed by atoms with E-state index in [9.17, 15) is 9.59 Å². The molecular formula is C25H26O7. The summed E-state index contributed by atoms with van der Waals surface area (Å²) in [5.41, 5.74) is 1.92. The van der Waals surface area contributed by atoms with Gasteiger partial charge in [-0.2, -0.15) is 0 Å². The van der Waals surface area contributed by atoms with Crippen molar-refractivity contribution in [2.75, 3.05) is 21.3 Å². The van der Waals surface area contributed by atoms with Crippen LogP contribution in [-0.2, 0) is 4.79 Å². The maximum Gasteiger partial charge on any atom is 0.311 e. The quantitative estimate of drug-likeness (QED) is 0.365. The Bertz CT molecular complexity index is 1090. The van der Waals surface area contributed by atoms with Crippen LogP contribution in [-0.4, -0.2) is 33.1 Å². The molecule has 32 heavy (non-hydrogen) atoms. The molecule has 168 valence electrons. The molecule has 2 aromatic rings. The molecule has 0 fully saturated rings. The van der Waals surface area contributed by atoms with E-state index in [4.69, 9.17) is 23.7 Å². The Morgan fingerprint density at radius 2 is 1.72 bits per heavy atom. The number of Topliss-reactive ketones (excluding diaryl/α,β-unsaturated/α-hetero) is 1. The Labute approximate surface area is 186 Å². The molecule has 2 aromatic carbocycles. The van der Waals surface area contributed by atoms with Crippen molar-refractivity contribution >= 4 is 17.8 Å². The minimum atomic E-state index is -0.263. The highest BCUT2D eigenvalue weighted by Gasteiger charge is 2.38. The fourth-order valence-corrected chi connectivity index (χ4v) is 4.30. The molecule has 0 radical (unpaired) electrons. The van der Waals surface area contributed by atoms with Crippen LogP contribution in [0.15, 0.2) is 30.0 Å². The molecule has 0 unspecified atom stereocenters. The third-order valence-electron chi connectivity index (χ3n) is 5.62. The van der Waals surface area contributed by atoms with E-state index in [2.05, 4.69) is 13.8 Å². The van der Waals surface area contributed by atoms with Crippen LogP contribution < -0.4 is 23.7 Å². The molecule has 0 saturated heterocycles. The number of hydrogen-bond acceptors (Lipinski definition) is 7. The number of carbonyl (C=O) groups is 2. The molecule has 0 bridgehead atoms. The standard InChI is InChI=1S/C25H26O7/c1-13(2)8-15-12-21(26)31-17-7-6-16-23(27)18(32-24(16)22(15)17)9-14-10-19(28-3)25(30-5)20(11-14)29-4/h6-7,9-11,13,15H,8,12H2,1-5H3/b18-9-/t15-/m1/s1. The van der Waals surface area contributed by atoms with E-state index >= 15 is 0 Å². The molecular weight excluding hydrogens is 412 g/mol. The fraction of sp³-hybridized carbons (Fsp3) is 0.360. The third-order valence-corrected chi connectivity index (χ3v) is 5.62. The second kappa shape index (κ2) is 8.57.